The number of nitro groups is 1. The number of rotatable bonds is 5. The van der Waals surface area contributed by atoms with Gasteiger partial charge in [0.2, 0.25) is 0 Å². The third-order valence-electron chi connectivity index (χ3n) is 1.82. The molecule has 0 bridgehead atoms. The number of anilines is 1. The average Bonchev–Trinajstić information content (AvgIpc) is 2.17. The predicted octanol–water partition coefficient (Wildman–Crippen LogP) is 2.15. The fourth-order valence-corrected chi connectivity index (χ4v) is 1.66. The number of nitrogens with zero attached hydrogens (tertiary/aromatic N) is 1. The highest BCUT2D eigenvalue weighted by atomic mass is 79.9. The lowest BCUT2D eigenvalue weighted by molar-refractivity contribution is -0.384. The fourth-order valence-electron chi connectivity index (χ4n) is 1.15. The number of benzene rings is 1. The molecule has 0 aliphatic rings. The Balaban J connectivity index is 2.86. The molecule has 0 heterocycles. The van der Waals surface area contributed by atoms with Crippen molar-refractivity contribution in [1.29, 1.82) is 0 Å². The second-order valence-corrected chi connectivity index (χ2v) is 3.75. The quantitative estimate of drug-likeness (QED) is 0.490. The van der Waals surface area contributed by atoms with Crippen LogP contribution in [0.3, 0.4) is 0 Å². The molecule has 5 nitrogen and oxygen atoms in total. The second-order valence-electron chi connectivity index (χ2n) is 2.90. The SMILES string of the molecule is O=[N+]([O-])c1c(Br)cccc1NCCCO. The lowest BCUT2D eigenvalue weighted by Crippen LogP contribution is -2.05. The van der Waals surface area contributed by atoms with Crippen molar-refractivity contribution in [1.82, 2.24) is 0 Å². The summed E-state index contributed by atoms with van der Waals surface area (Å²) in [6.45, 7) is 0.572. The van der Waals surface area contributed by atoms with Gasteiger partial charge in [0.15, 0.2) is 0 Å². The molecule has 0 amide bonds. The zero-order chi connectivity index (χ0) is 11.3. The van der Waals surface area contributed by atoms with Crippen molar-refractivity contribution < 1.29 is 10.0 Å². The Morgan fingerprint density at radius 2 is 2.27 bits per heavy atom. The van der Waals surface area contributed by atoms with Crippen molar-refractivity contribution in [3.8, 4) is 0 Å². The summed E-state index contributed by atoms with van der Waals surface area (Å²) in [4.78, 5) is 10.3. The summed E-state index contributed by atoms with van der Waals surface area (Å²) in [5, 5.41) is 22.3. The Morgan fingerprint density at radius 3 is 2.87 bits per heavy atom. The van der Waals surface area contributed by atoms with E-state index in [0.717, 1.165) is 0 Å². The lowest BCUT2D eigenvalue weighted by atomic mass is 10.2. The molecule has 1 aromatic carbocycles. The van der Waals surface area contributed by atoms with Gasteiger partial charge in [0.1, 0.15) is 5.69 Å². The van der Waals surface area contributed by atoms with Gasteiger partial charge < -0.3 is 10.4 Å². The van der Waals surface area contributed by atoms with Gasteiger partial charge in [-0.2, -0.15) is 0 Å². The van der Waals surface area contributed by atoms with Gasteiger partial charge in [-0.1, -0.05) is 6.07 Å². The normalized spacial score (nSPS) is 10.0. The topological polar surface area (TPSA) is 75.4 Å². The van der Waals surface area contributed by atoms with E-state index in [4.69, 9.17) is 5.11 Å². The molecule has 15 heavy (non-hydrogen) atoms. The van der Waals surface area contributed by atoms with Crippen LogP contribution >= 0.6 is 15.9 Å². The maximum atomic E-state index is 10.8. The summed E-state index contributed by atoms with van der Waals surface area (Å²) >= 11 is 3.13. The summed E-state index contributed by atoms with van der Waals surface area (Å²) < 4.78 is 0.446. The summed E-state index contributed by atoms with van der Waals surface area (Å²) in [6.07, 6.45) is 0.559. The third kappa shape index (κ3) is 3.17. The van der Waals surface area contributed by atoms with Gasteiger partial charge in [-0.3, -0.25) is 10.1 Å². The Morgan fingerprint density at radius 1 is 1.53 bits per heavy atom. The van der Waals surface area contributed by atoms with E-state index in [1.54, 1.807) is 18.2 Å². The second kappa shape index (κ2) is 5.67. The van der Waals surface area contributed by atoms with Crippen molar-refractivity contribution >= 4 is 27.3 Å². The van der Waals surface area contributed by atoms with Crippen LogP contribution in [0.2, 0.25) is 0 Å². The van der Waals surface area contributed by atoms with E-state index in [0.29, 0.717) is 23.1 Å². The predicted molar refractivity (Wildman–Crippen MR) is 61.0 cm³/mol. The van der Waals surface area contributed by atoms with E-state index in [-0.39, 0.29) is 12.3 Å². The number of hydrogen-bond acceptors (Lipinski definition) is 4. The molecule has 0 fully saturated rings. The number of para-hydroxylation sites is 1. The first-order chi connectivity index (χ1) is 7.16. The molecule has 0 spiro atoms. The first kappa shape index (κ1) is 11.9. The molecule has 6 heteroatoms. The molecule has 0 aliphatic heterocycles. The highest BCUT2D eigenvalue weighted by Gasteiger charge is 2.16. The molecule has 1 rings (SSSR count). The molecule has 0 atom stereocenters. The van der Waals surface area contributed by atoms with Crippen molar-refractivity contribution in [2.45, 2.75) is 6.42 Å². The molecule has 1 aromatic rings. The summed E-state index contributed by atoms with van der Waals surface area (Å²) in [5.74, 6) is 0. The number of halogens is 1. The number of hydrogen-bond donors (Lipinski definition) is 2. The Bertz CT molecular complexity index is 357. The minimum Gasteiger partial charge on any atom is -0.396 e. The number of nitro benzene ring substituents is 1. The highest BCUT2D eigenvalue weighted by Crippen LogP contribution is 2.32. The van der Waals surface area contributed by atoms with Crippen LogP contribution in [0.15, 0.2) is 22.7 Å². The Kier molecular flexibility index (Phi) is 4.51. The molecule has 0 aromatic heterocycles. The molecular formula is C9H11BrN2O3. The third-order valence-corrected chi connectivity index (χ3v) is 2.46. The van der Waals surface area contributed by atoms with E-state index in [2.05, 4.69) is 21.2 Å². The smallest absolute Gasteiger partial charge is 0.306 e. The van der Waals surface area contributed by atoms with Crippen molar-refractivity contribution in [3.05, 3.63) is 32.8 Å². The van der Waals surface area contributed by atoms with Crippen molar-refractivity contribution in [2.24, 2.45) is 0 Å². The monoisotopic (exact) mass is 274 g/mol. The van der Waals surface area contributed by atoms with E-state index < -0.39 is 4.92 Å². The largest absolute Gasteiger partial charge is 0.396 e. The maximum Gasteiger partial charge on any atom is 0.306 e. The van der Waals surface area contributed by atoms with Crippen LogP contribution in [0.25, 0.3) is 0 Å². The first-order valence-electron chi connectivity index (χ1n) is 4.44. The lowest BCUT2D eigenvalue weighted by Gasteiger charge is -2.06. The van der Waals surface area contributed by atoms with E-state index >= 15 is 0 Å². The molecule has 2 N–H and O–H groups in total. The van der Waals surface area contributed by atoms with Crippen LogP contribution in [0.4, 0.5) is 11.4 Å². The van der Waals surface area contributed by atoms with E-state index in [1.165, 1.54) is 0 Å². The molecule has 0 saturated heterocycles. The zero-order valence-corrected chi connectivity index (χ0v) is 9.53. The molecule has 0 radical (unpaired) electrons. The zero-order valence-electron chi connectivity index (χ0n) is 7.94. The van der Waals surface area contributed by atoms with Gasteiger partial charge in [0, 0.05) is 13.2 Å². The number of nitrogens with one attached hydrogen (secondary N) is 1. The van der Waals surface area contributed by atoms with Crippen LogP contribution in [-0.4, -0.2) is 23.2 Å². The summed E-state index contributed by atoms with van der Waals surface area (Å²) in [6, 6.07) is 4.98. The molecule has 0 aliphatic carbocycles. The fraction of sp³-hybridized carbons (Fsp3) is 0.333. The minimum atomic E-state index is -0.439. The number of aliphatic hydroxyl groups excluding tert-OH is 1. The molecule has 0 saturated carbocycles. The van der Waals surface area contributed by atoms with Gasteiger partial charge in [0.25, 0.3) is 0 Å². The molecule has 0 unspecified atom stereocenters. The van der Waals surface area contributed by atoms with Crippen LogP contribution in [0.5, 0.6) is 0 Å². The van der Waals surface area contributed by atoms with Crippen LogP contribution in [0.1, 0.15) is 6.42 Å². The van der Waals surface area contributed by atoms with Gasteiger partial charge in [-0.05, 0) is 34.5 Å². The van der Waals surface area contributed by atoms with Gasteiger partial charge in [0.05, 0.1) is 9.40 Å². The average molecular weight is 275 g/mol. The van der Waals surface area contributed by atoms with Crippen molar-refractivity contribution in [3.63, 3.8) is 0 Å². The van der Waals surface area contributed by atoms with Crippen molar-refractivity contribution in [2.75, 3.05) is 18.5 Å². The Labute approximate surface area is 95.4 Å². The summed E-state index contributed by atoms with van der Waals surface area (Å²) in [5.41, 5.74) is 0.485. The molecular weight excluding hydrogens is 264 g/mol. The van der Waals surface area contributed by atoms with E-state index in [1.807, 2.05) is 0 Å². The minimum absolute atomic E-state index is 0.0236. The van der Waals surface area contributed by atoms with Gasteiger partial charge >= 0.3 is 5.69 Å². The molecule has 82 valence electrons. The first-order valence-corrected chi connectivity index (χ1v) is 5.23. The van der Waals surface area contributed by atoms with Crippen LogP contribution < -0.4 is 5.32 Å². The van der Waals surface area contributed by atoms with Crippen LogP contribution in [0, 0.1) is 10.1 Å². The summed E-state index contributed by atoms with van der Waals surface area (Å²) in [7, 11) is 0. The standard InChI is InChI=1S/C9H11BrN2O3/c10-7-3-1-4-8(9(7)12(14)15)11-5-2-6-13/h1,3-4,11,13H,2,5-6H2. The Hall–Kier alpha value is -1.14. The van der Waals surface area contributed by atoms with E-state index in [9.17, 15) is 10.1 Å². The highest BCUT2D eigenvalue weighted by molar-refractivity contribution is 9.10. The van der Waals surface area contributed by atoms with Gasteiger partial charge in [-0.25, -0.2) is 0 Å². The number of aliphatic hydroxyl groups is 1. The van der Waals surface area contributed by atoms with Crippen LogP contribution in [-0.2, 0) is 0 Å². The maximum absolute atomic E-state index is 10.8. The van der Waals surface area contributed by atoms with Gasteiger partial charge in [-0.15, -0.1) is 0 Å².